The summed E-state index contributed by atoms with van der Waals surface area (Å²) in [5, 5.41) is 0. The summed E-state index contributed by atoms with van der Waals surface area (Å²) in [6, 6.07) is 3.89. The zero-order valence-electron chi connectivity index (χ0n) is 11.9. The molecule has 0 fully saturated rings. The molecule has 1 aromatic rings. The first-order valence-electron chi connectivity index (χ1n) is 6.76. The lowest BCUT2D eigenvalue weighted by Crippen LogP contribution is -2.25. The van der Waals surface area contributed by atoms with Crippen molar-refractivity contribution in [3.8, 4) is 5.88 Å². The molecule has 18 heavy (non-hydrogen) atoms. The lowest BCUT2D eigenvalue weighted by Gasteiger charge is -2.24. The van der Waals surface area contributed by atoms with E-state index in [9.17, 15) is 0 Å². The first-order chi connectivity index (χ1) is 8.56. The first-order valence-corrected chi connectivity index (χ1v) is 6.76. The maximum Gasteiger partial charge on any atom is 0.217 e. The van der Waals surface area contributed by atoms with Crippen LogP contribution < -0.4 is 15.4 Å². The highest BCUT2D eigenvalue weighted by Crippen LogP contribution is 2.23. The monoisotopic (exact) mass is 251 g/mol. The van der Waals surface area contributed by atoms with E-state index in [1.54, 1.807) is 0 Å². The van der Waals surface area contributed by atoms with Crippen LogP contribution >= 0.6 is 0 Å². The van der Waals surface area contributed by atoms with Crippen molar-refractivity contribution in [2.75, 3.05) is 23.7 Å². The number of hydrogen-bond acceptors (Lipinski definition) is 4. The SMILES string of the molecule is CCCN(CCC)c1cc(N)nc(OC(C)C)c1. The summed E-state index contributed by atoms with van der Waals surface area (Å²) in [5.41, 5.74) is 6.95. The van der Waals surface area contributed by atoms with Crippen LogP contribution in [0.25, 0.3) is 0 Å². The molecule has 0 radical (unpaired) electrons. The second kappa shape index (κ2) is 7.09. The molecule has 1 heterocycles. The van der Waals surface area contributed by atoms with Crippen LogP contribution in [0.15, 0.2) is 12.1 Å². The van der Waals surface area contributed by atoms with Crippen LogP contribution in [0.2, 0.25) is 0 Å². The van der Waals surface area contributed by atoms with Gasteiger partial charge < -0.3 is 15.4 Å². The van der Waals surface area contributed by atoms with Crippen molar-refractivity contribution in [2.45, 2.75) is 46.6 Å². The van der Waals surface area contributed by atoms with E-state index in [4.69, 9.17) is 10.5 Å². The molecule has 4 nitrogen and oxygen atoms in total. The van der Waals surface area contributed by atoms with E-state index in [1.165, 1.54) is 0 Å². The Bertz CT molecular complexity index is 360. The molecule has 0 bridgehead atoms. The second-order valence-electron chi connectivity index (χ2n) is 4.74. The molecule has 0 saturated carbocycles. The third kappa shape index (κ3) is 4.43. The number of nitrogen functional groups attached to an aromatic ring is 1. The quantitative estimate of drug-likeness (QED) is 0.809. The minimum atomic E-state index is 0.109. The van der Waals surface area contributed by atoms with Gasteiger partial charge in [-0.1, -0.05) is 13.8 Å². The smallest absolute Gasteiger partial charge is 0.217 e. The Labute approximate surface area is 110 Å². The summed E-state index contributed by atoms with van der Waals surface area (Å²) in [6.07, 6.45) is 2.34. The lowest BCUT2D eigenvalue weighted by molar-refractivity contribution is 0.233. The highest BCUT2D eigenvalue weighted by molar-refractivity contribution is 5.55. The van der Waals surface area contributed by atoms with Crippen LogP contribution in [-0.4, -0.2) is 24.2 Å². The van der Waals surface area contributed by atoms with Crippen molar-refractivity contribution in [3.05, 3.63) is 12.1 Å². The minimum Gasteiger partial charge on any atom is -0.475 e. The third-order valence-electron chi connectivity index (χ3n) is 2.52. The molecule has 1 rings (SSSR count). The summed E-state index contributed by atoms with van der Waals surface area (Å²) >= 11 is 0. The van der Waals surface area contributed by atoms with E-state index in [1.807, 2.05) is 26.0 Å². The van der Waals surface area contributed by atoms with Crippen molar-refractivity contribution < 1.29 is 4.74 Å². The number of nitrogens with zero attached hydrogens (tertiary/aromatic N) is 2. The zero-order chi connectivity index (χ0) is 13.5. The van der Waals surface area contributed by atoms with E-state index in [2.05, 4.69) is 23.7 Å². The Kier molecular flexibility index (Phi) is 5.75. The number of pyridine rings is 1. The highest BCUT2D eigenvalue weighted by Gasteiger charge is 2.09. The minimum absolute atomic E-state index is 0.109. The van der Waals surface area contributed by atoms with E-state index in [-0.39, 0.29) is 6.10 Å². The molecule has 0 unspecified atom stereocenters. The van der Waals surface area contributed by atoms with Crippen molar-refractivity contribution in [2.24, 2.45) is 0 Å². The van der Waals surface area contributed by atoms with Crippen LogP contribution in [0.1, 0.15) is 40.5 Å². The fourth-order valence-corrected chi connectivity index (χ4v) is 1.91. The Hall–Kier alpha value is -1.45. The van der Waals surface area contributed by atoms with E-state index in [0.717, 1.165) is 31.6 Å². The van der Waals surface area contributed by atoms with Gasteiger partial charge in [0.2, 0.25) is 5.88 Å². The van der Waals surface area contributed by atoms with Gasteiger partial charge in [-0.3, -0.25) is 0 Å². The summed E-state index contributed by atoms with van der Waals surface area (Å²) in [5.74, 6) is 1.12. The third-order valence-corrected chi connectivity index (χ3v) is 2.52. The molecule has 2 N–H and O–H groups in total. The van der Waals surface area contributed by atoms with Crippen molar-refractivity contribution in [1.82, 2.24) is 4.98 Å². The highest BCUT2D eigenvalue weighted by atomic mass is 16.5. The molecule has 0 saturated heterocycles. The number of anilines is 2. The van der Waals surface area contributed by atoms with E-state index in [0.29, 0.717) is 11.7 Å². The summed E-state index contributed by atoms with van der Waals surface area (Å²) in [7, 11) is 0. The predicted molar refractivity (Wildman–Crippen MR) is 77.2 cm³/mol. The van der Waals surface area contributed by atoms with Gasteiger partial charge in [-0.2, -0.15) is 4.98 Å². The molecule has 0 atom stereocenters. The number of nitrogens with two attached hydrogens (primary N) is 1. The fourth-order valence-electron chi connectivity index (χ4n) is 1.91. The molecular formula is C14H25N3O. The van der Waals surface area contributed by atoms with Gasteiger partial charge >= 0.3 is 0 Å². The largest absolute Gasteiger partial charge is 0.475 e. The molecule has 0 aliphatic rings. The van der Waals surface area contributed by atoms with E-state index >= 15 is 0 Å². The van der Waals surface area contributed by atoms with Crippen LogP contribution in [0.5, 0.6) is 5.88 Å². The van der Waals surface area contributed by atoms with Crippen molar-refractivity contribution in [3.63, 3.8) is 0 Å². The van der Waals surface area contributed by atoms with Gasteiger partial charge in [0, 0.05) is 30.9 Å². The number of ether oxygens (including phenoxy) is 1. The molecule has 1 aromatic heterocycles. The fraction of sp³-hybridized carbons (Fsp3) is 0.643. The van der Waals surface area contributed by atoms with Gasteiger partial charge in [0.25, 0.3) is 0 Å². The van der Waals surface area contributed by atoms with Crippen LogP contribution in [0, 0.1) is 0 Å². The Morgan fingerprint density at radius 1 is 1.22 bits per heavy atom. The summed E-state index contributed by atoms with van der Waals surface area (Å²) in [6.45, 7) is 10.4. The maximum absolute atomic E-state index is 5.85. The normalized spacial score (nSPS) is 10.7. The van der Waals surface area contributed by atoms with Gasteiger partial charge in [0.05, 0.1) is 6.10 Å². The Morgan fingerprint density at radius 3 is 2.33 bits per heavy atom. The van der Waals surface area contributed by atoms with Gasteiger partial charge in [-0.05, 0) is 26.7 Å². The molecule has 0 aliphatic heterocycles. The van der Waals surface area contributed by atoms with Crippen molar-refractivity contribution >= 4 is 11.5 Å². The number of rotatable bonds is 7. The molecule has 102 valence electrons. The van der Waals surface area contributed by atoms with Crippen LogP contribution in [0.4, 0.5) is 11.5 Å². The molecular weight excluding hydrogens is 226 g/mol. The number of aromatic nitrogens is 1. The predicted octanol–water partition coefficient (Wildman–Crippen LogP) is 3.08. The average molecular weight is 251 g/mol. The summed E-state index contributed by atoms with van der Waals surface area (Å²) < 4.78 is 5.62. The standard InChI is InChI=1S/C14H25N3O/c1-5-7-17(8-6-2)12-9-13(15)16-14(10-12)18-11(3)4/h9-11H,5-8H2,1-4H3,(H2,15,16). The number of hydrogen-bond donors (Lipinski definition) is 1. The molecule has 0 spiro atoms. The van der Waals surface area contributed by atoms with E-state index < -0.39 is 0 Å². The topological polar surface area (TPSA) is 51.4 Å². The van der Waals surface area contributed by atoms with Gasteiger partial charge in [0.1, 0.15) is 5.82 Å². The average Bonchev–Trinajstić information content (AvgIpc) is 2.27. The summed E-state index contributed by atoms with van der Waals surface area (Å²) in [4.78, 5) is 6.53. The first kappa shape index (κ1) is 14.6. The van der Waals surface area contributed by atoms with Gasteiger partial charge in [-0.15, -0.1) is 0 Å². The molecule has 4 heteroatoms. The van der Waals surface area contributed by atoms with Crippen molar-refractivity contribution in [1.29, 1.82) is 0 Å². The molecule has 0 amide bonds. The second-order valence-corrected chi connectivity index (χ2v) is 4.74. The molecule has 0 aliphatic carbocycles. The van der Waals surface area contributed by atoms with Crippen LogP contribution in [0.3, 0.4) is 0 Å². The van der Waals surface area contributed by atoms with Gasteiger partial charge in [0.15, 0.2) is 0 Å². The Balaban J connectivity index is 2.94. The zero-order valence-corrected chi connectivity index (χ0v) is 11.9. The Morgan fingerprint density at radius 2 is 1.83 bits per heavy atom. The van der Waals surface area contributed by atoms with Crippen LogP contribution in [-0.2, 0) is 0 Å². The van der Waals surface area contributed by atoms with Gasteiger partial charge in [-0.25, -0.2) is 0 Å². The maximum atomic E-state index is 5.85. The molecule has 0 aromatic carbocycles. The lowest BCUT2D eigenvalue weighted by atomic mass is 10.3.